The number of alkyl halides is 1. The number of halogens is 1. The number of rotatable bonds is 7. The van der Waals surface area contributed by atoms with Gasteiger partial charge in [0.25, 0.3) is 0 Å². The molecule has 2 rings (SSSR count). The summed E-state index contributed by atoms with van der Waals surface area (Å²) in [4.78, 5) is 1.36. The molecular formula is C16H24ClNS. The second kappa shape index (κ2) is 8.89. The van der Waals surface area contributed by atoms with Crippen LogP contribution in [0.2, 0.25) is 0 Å². The molecular weight excluding hydrogens is 274 g/mol. The Morgan fingerprint density at radius 1 is 1.11 bits per heavy atom. The van der Waals surface area contributed by atoms with Gasteiger partial charge in [-0.05, 0) is 43.4 Å². The fourth-order valence-electron chi connectivity index (χ4n) is 2.80. The molecule has 1 N–H and O–H groups in total. The third kappa shape index (κ3) is 5.37. The SMILES string of the molecule is ClCC1CCCCC1CNCCSc1ccccc1. The first-order valence-electron chi connectivity index (χ1n) is 7.34. The first kappa shape index (κ1) is 15.2. The van der Waals surface area contributed by atoms with Crippen LogP contribution in [-0.4, -0.2) is 24.7 Å². The number of hydrogen-bond acceptors (Lipinski definition) is 2. The van der Waals surface area contributed by atoms with Crippen LogP contribution in [0.3, 0.4) is 0 Å². The normalized spacial score (nSPS) is 23.4. The molecule has 1 aromatic carbocycles. The van der Waals surface area contributed by atoms with Crippen LogP contribution < -0.4 is 5.32 Å². The molecule has 0 bridgehead atoms. The zero-order valence-electron chi connectivity index (χ0n) is 11.5. The second-order valence-electron chi connectivity index (χ2n) is 5.32. The van der Waals surface area contributed by atoms with Gasteiger partial charge in [-0.2, -0.15) is 0 Å². The van der Waals surface area contributed by atoms with Crippen molar-refractivity contribution in [3.05, 3.63) is 30.3 Å². The Bertz CT molecular complexity index is 344. The van der Waals surface area contributed by atoms with E-state index in [2.05, 4.69) is 35.6 Å². The second-order valence-corrected chi connectivity index (χ2v) is 6.80. The maximum Gasteiger partial charge on any atom is 0.0254 e. The largest absolute Gasteiger partial charge is 0.316 e. The van der Waals surface area contributed by atoms with Gasteiger partial charge in [-0.25, -0.2) is 0 Å². The van der Waals surface area contributed by atoms with E-state index in [4.69, 9.17) is 11.6 Å². The zero-order chi connectivity index (χ0) is 13.3. The number of benzene rings is 1. The lowest BCUT2D eigenvalue weighted by molar-refractivity contribution is 0.252. The molecule has 0 saturated heterocycles. The lowest BCUT2D eigenvalue weighted by Crippen LogP contribution is -2.32. The summed E-state index contributed by atoms with van der Waals surface area (Å²) in [6.07, 6.45) is 5.45. The van der Waals surface area contributed by atoms with E-state index in [1.165, 1.54) is 30.6 Å². The molecule has 1 aromatic rings. The smallest absolute Gasteiger partial charge is 0.0254 e. The molecule has 0 heterocycles. The fourth-order valence-corrected chi connectivity index (χ4v) is 4.04. The van der Waals surface area contributed by atoms with E-state index >= 15 is 0 Å². The van der Waals surface area contributed by atoms with Crippen LogP contribution in [0.25, 0.3) is 0 Å². The maximum absolute atomic E-state index is 6.06. The number of hydrogen-bond donors (Lipinski definition) is 1. The molecule has 0 aromatic heterocycles. The van der Waals surface area contributed by atoms with Crippen molar-refractivity contribution in [2.24, 2.45) is 11.8 Å². The van der Waals surface area contributed by atoms with Crippen molar-refractivity contribution in [3.8, 4) is 0 Å². The van der Waals surface area contributed by atoms with Gasteiger partial charge in [-0.1, -0.05) is 31.0 Å². The summed E-state index contributed by atoms with van der Waals surface area (Å²) < 4.78 is 0. The Morgan fingerprint density at radius 3 is 2.58 bits per heavy atom. The summed E-state index contributed by atoms with van der Waals surface area (Å²) in [7, 11) is 0. The molecule has 3 heteroatoms. The standard InChI is InChI=1S/C16H24ClNS/c17-12-14-6-4-5-7-15(14)13-18-10-11-19-16-8-2-1-3-9-16/h1-3,8-9,14-15,18H,4-7,10-13H2. The predicted molar refractivity (Wildman–Crippen MR) is 86.2 cm³/mol. The highest BCUT2D eigenvalue weighted by Gasteiger charge is 2.23. The molecule has 106 valence electrons. The van der Waals surface area contributed by atoms with Crippen LogP contribution >= 0.6 is 23.4 Å². The van der Waals surface area contributed by atoms with Crippen molar-refractivity contribution >= 4 is 23.4 Å². The van der Waals surface area contributed by atoms with E-state index in [1.807, 2.05) is 11.8 Å². The highest BCUT2D eigenvalue weighted by molar-refractivity contribution is 7.99. The van der Waals surface area contributed by atoms with Gasteiger partial charge in [0.1, 0.15) is 0 Å². The van der Waals surface area contributed by atoms with Gasteiger partial charge in [-0.15, -0.1) is 23.4 Å². The van der Waals surface area contributed by atoms with Crippen LogP contribution in [0.5, 0.6) is 0 Å². The molecule has 0 spiro atoms. The fraction of sp³-hybridized carbons (Fsp3) is 0.625. The molecule has 1 nitrogen and oxygen atoms in total. The summed E-state index contributed by atoms with van der Waals surface area (Å²) in [5, 5.41) is 3.61. The molecule has 0 aliphatic heterocycles. The quantitative estimate of drug-likeness (QED) is 0.454. The minimum absolute atomic E-state index is 0.740. The number of thioether (sulfide) groups is 1. The van der Waals surface area contributed by atoms with Crippen molar-refractivity contribution in [1.29, 1.82) is 0 Å². The van der Waals surface area contributed by atoms with Crippen molar-refractivity contribution in [3.63, 3.8) is 0 Å². The summed E-state index contributed by atoms with van der Waals surface area (Å²) in [6, 6.07) is 10.6. The Hall–Kier alpha value is -0.180. The zero-order valence-corrected chi connectivity index (χ0v) is 13.1. The molecule has 19 heavy (non-hydrogen) atoms. The van der Waals surface area contributed by atoms with Crippen LogP contribution in [-0.2, 0) is 0 Å². The van der Waals surface area contributed by atoms with E-state index in [9.17, 15) is 0 Å². The highest BCUT2D eigenvalue weighted by atomic mass is 35.5. The van der Waals surface area contributed by atoms with Gasteiger partial charge in [0.05, 0.1) is 0 Å². The van der Waals surface area contributed by atoms with Crippen molar-refractivity contribution in [2.75, 3.05) is 24.7 Å². The van der Waals surface area contributed by atoms with Crippen molar-refractivity contribution in [2.45, 2.75) is 30.6 Å². The van der Waals surface area contributed by atoms with E-state index in [1.54, 1.807) is 0 Å². The lowest BCUT2D eigenvalue weighted by atomic mass is 9.80. The summed E-state index contributed by atoms with van der Waals surface area (Å²) in [5.74, 6) is 3.52. The summed E-state index contributed by atoms with van der Waals surface area (Å²) in [6.45, 7) is 2.23. The van der Waals surface area contributed by atoms with Gasteiger partial charge in [0.2, 0.25) is 0 Å². The third-order valence-electron chi connectivity index (χ3n) is 3.96. The van der Waals surface area contributed by atoms with Gasteiger partial charge < -0.3 is 5.32 Å². The van der Waals surface area contributed by atoms with E-state index in [0.29, 0.717) is 0 Å². The van der Waals surface area contributed by atoms with E-state index in [0.717, 1.165) is 36.6 Å². The molecule has 1 aliphatic rings. The van der Waals surface area contributed by atoms with Crippen LogP contribution in [0.4, 0.5) is 0 Å². The monoisotopic (exact) mass is 297 g/mol. The summed E-state index contributed by atoms with van der Waals surface area (Å²) in [5.41, 5.74) is 0. The van der Waals surface area contributed by atoms with Crippen molar-refractivity contribution < 1.29 is 0 Å². The molecule has 1 saturated carbocycles. The summed E-state index contributed by atoms with van der Waals surface area (Å²) >= 11 is 7.99. The minimum atomic E-state index is 0.740. The molecule has 1 aliphatic carbocycles. The Balaban J connectivity index is 1.58. The van der Waals surface area contributed by atoms with Gasteiger partial charge in [0, 0.05) is 23.1 Å². The predicted octanol–water partition coefficient (Wildman–Crippen LogP) is 4.41. The molecule has 2 unspecified atom stereocenters. The van der Waals surface area contributed by atoms with Crippen LogP contribution in [0.1, 0.15) is 25.7 Å². The average molecular weight is 298 g/mol. The first-order valence-corrected chi connectivity index (χ1v) is 8.86. The van der Waals surface area contributed by atoms with Crippen molar-refractivity contribution in [1.82, 2.24) is 5.32 Å². The molecule has 0 amide bonds. The third-order valence-corrected chi connectivity index (χ3v) is 5.37. The Kier molecular flexibility index (Phi) is 7.11. The van der Waals surface area contributed by atoms with Crippen LogP contribution in [0.15, 0.2) is 35.2 Å². The van der Waals surface area contributed by atoms with Gasteiger partial charge in [0.15, 0.2) is 0 Å². The van der Waals surface area contributed by atoms with Crippen LogP contribution in [0, 0.1) is 11.8 Å². The Labute approximate surface area is 126 Å². The lowest BCUT2D eigenvalue weighted by Gasteiger charge is -2.30. The first-order chi connectivity index (χ1) is 9.40. The van der Waals surface area contributed by atoms with E-state index < -0.39 is 0 Å². The molecule has 0 radical (unpaired) electrons. The van der Waals surface area contributed by atoms with E-state index in [-0.39, 0.29) is 0 Å². The Morgan fingerprint density at radius 2 is 1.84 bits per heavy atom. The topological polar surface area (TPSA) is 12.0 Å². The maximum atomic E-state index is 6.06. The number of nitrogens with one attached hydrogen (secondary N) is 1. The highest BCUT2D eigenvalue weighted by Crippen LogP contribution is 2.30. The minimum Gasteiger partial charge on any atom is -0.316 e. The van der Waals surface area contributed by atoms with Gasteiger partial charge >= 0.3 is 0 Å². The molecule has 1 fully saturated rings. The average Bonchev–Trinajstić information content (AvgIpc) is 2.48. The van der Waals surface area contributed by atoms with Gasteiger partial charge in [-0.3, -0.25) is 0 Å². The molecule has 2 atom stereocenters.